The number of rotatable bonds is 4. The van der Waals surface area contributed by atoms with Crippen LogP contribution in [0.4, 0.5) is 5.82 Å². The van der Waals surface area contributed by atoms with Gasteiger partial charge in [0.25, 0.3) is 0 Å². The van der Waals surface area contributed by atoms with E-state index in [1.54, 1.807) is 0 Å². The fourth-order valence-electron chi connectivity index (χ4n) is 3.70. The molecule has 0 saturated carbocycles. The molecule has 25 heavy (non-hydrogen) atoms. The molecule has 132 valence electrons. The van der Waals surface area contributed by atoms with Crippen LogP contribution in [-0.2, 0) is 13.0 Å². The second-order valence-electron chi connectivity index (χ2n) is 7.02. The lowest BCUT2D eigenvalue weighted by atomic mass is 9.96. The Morgan fingerprint density at radius 2 is 1.84 bits per heavy atom. The number of nitrogens with zero attached hydrogens (tertiary/aromatic N) is 2. The summed E-state index contributed by atoms with van der Waals surface area (Å²) < 4.78 is 0. The number of aromatic nitrogens is 2. The van der Waals surface area contributed by atoms with Gasteiger partial charge in [-0.25, -0.2) is 9.97 Å². The van der Waals surface area contributed by atoms with E-state index in [-0.39, 0.29) is 0 Å². The van der Waals surface area contributed by atoms with Gasteiger partial charge in [0.1, 0.15) is 5.82 Å². The smallest absolute Gasteiger partial charge is 0.161 e. The summed E-state index contributed by atoms with van der Waals surface area (Å²) in [7, 11) is 0. The third-order valence-electron chi connectivity index (χ3n) is 5.30. The van der Waals surface area contributed by atoms with Crippen LogP contribution in [0.1, 0.15) is 25.1 Å². The molecule has 2 atom stereocenters. The van der Waals surface area contributed by atoms with Crippen LogP contribution in [0, 0.1) is 5.92 Å². The molecule has 0 aliphatic carbocycles. The van der Waals surface area contributed by atoms with Crippen LogP contribution >= 0.6 is 0 Å². The Hall–Kier alpha value is -2.02. The van der Waals surface area contributed by atoms with Gasteiger partial charge >= 0.3 is 0 Å². The molecule has 0 amide bonds. The van der Waals surface area contributed by atoms with Gasteiger partial charge in [0.2, 0.25) is 0 Å². The molecule has 0 bridgehead atoms. The summed E-state index contributed by atoms with van der Waals surface area (Å²) in [6.45, 7) is 7.13. The van der Waals surface area contributed by atoms with Crippen molar-refractivity contribution >= 4 is 5.82 Å². The van der Waals surface area contributed by atoms with Crippen LogP contribution in [0.3, 0.4) is 0 Å². The van der Waals surface area contributed by atoms with E-state index in [2.05, 4.69) is 47.5 Å². The molecule has 1 aromatic carbocycles. The maximum atomic E-state index is 4.88. The molecule has 2 aliphatic rings. The summed E-state index contributed by atoms with van der Waals surface area (Å²) in [6, 6.07) is 11.1. The number of benzene rings is 1. The number of nitrogens with one attached hydrogen (secondary N) is 4. The van der Waals surface area contributed by atoms with E-state index < -0.39 is 0 Å². The zero-order valence-corrected chi connectivity index (χ0v) is 14.8. The average molecular weight is 338 g/mol. The van der Waals surface area contributed by atoms with Crippen LogP contribution in [0.2, 0.25) is 0 Å². The highest BCUT2D eigenvalue weighted by atomic mass is 15.4. The Morgan fingerprint density at radius 3 is 2.60 bits per heavy atom. The van der Waals surface area contributed by atoms with Crippen LogP contribution in [-0.4, -0.2) is 35.1 Å². The highest BCUT2D eigenvalue weighted by Crippen LogP contribution is 2.25. The summed E-state index contributed by atoms with van der Waals surface area (Å²) in [5.41, 5.74) is 10.1. The molecule has 2 aliphatic heterocycles. The summed E-state index contributed by atoms with van der Waals surface area (Å²) in [5.74, 6) is 2.32. The average Bonchev–Trinajstić information content (AvgIpc) is 2.98. The maximum Gasteiger partial charge on any atom is 0.161 e. The van der Waals surface area contributed by atoms with Crippen molar-refractivity contribution in [2.75, 3.05) is 18.4 Å². The van der Waals surface area contributed by atoms with Crippen molar-refractivity contribution < 1.29 is 0 Å². The number of hydrogen-bond donors (Lipinski definition) is 4. The third kappa shape index (κ3) is 3.38. The van der Waals surface area contributed by atoms with Gasteiger partial charge in [-0.1, -0.05) is 30.3 Å². The fourth-order valence-corrected chi connectivity index (χ4v) is 3.70. The molecule has 2 aromatic rings. The lowest BCUT2D eigenvalue weighted by Gasteiger charge is -2.23. The number of anilines is 1. The SMILES string of the molecule is CC1NNC(C)C1CNc1nc(-c2ccccc2)nc2c1CCNC2. The van der Waals surface area contributed by atoms with Crippen molar-refractivity contribution in [1.29, 1.82) is 0 Å². The lowest BCUT2D eigenvalue weighted by Crippen LogP contribution is -2.32. The second-order valence-corrected chi connectivity index (χ2v) is 7.02. The molecule has 1 fully saturated rings. The van der Waals surface area contributed by atoms with Crippen LogP contribution in [0.5, 0.6) is 0 Å². The van der Waals surface area contributed by atoms with Gasteiger partial charge in [0.15, 0.2) is 5.82 Å². The minimum atomic E-state index is 0.440. The molecule has 0 radical (unpaired) electrons. The largest absolute Gasteiger partial charge is 0.369 e. The first-order chi connectivity index (χ1) is 12.2. The van der Waals surface area contributed by atoms with E-state index in [9.17, 15) is 0 Å². The standard InChI is InChI=1S/C19H26N6/c1-12-16(13(2)25-24-12)10-21-19-15-8-9-20-11-17(15)22-18(23-19)14-6-4-3-5-7-14/h3-7,12-13,16,20,24-25H,8-11H2,1-2H3,(H,21,22,23). The van der Waals surface area contributed by atoms with Gasteiger partial charge in [-0.2, -0.15) is 0 Å². The topological polar surface area (TPSA) is 73.9 Å². The fraction of sp³-hybridized carbons (Fsp3) is 0.474. The normalized spacial score (nSPS) is 25.6. The van der Waals surface area contributed by atoms with E-state index in [1.165, 1.54) is 5.56 Å². The number of fused-ring (bicyclic) bond motifs is 1. The molecule has 4 N–H and O–H groups in total. The minimum Gasteiger partial charge on any atom is -0.369 e. The summed E-state index contributed by atoms with van der Waals surface area (Å²) in [5, 5.41) is 7.05. The van der Waals surface area contributed by atoms with Crippen molar-refractivity contribution in [2.45, 2.75) is 38.9 Å². The Bertz CT molecular complexity index is 722. The van der Waals surface area contributed by atoms with Crippen molar-refractivity contribution in [2.24, 2.45) is 5.92 Å². The van der Waals surface area contributed by atoms with Gasteiger partial charge in [0, 0.05) is 42.2 Å². The van der Waals surface area contributed by atoms with Crippen LogP contribution < -0.4 is 21.5 Å². The molecule has 1 saturated heterocycles. The van der Waals surface area contributed by atoms with E-state index >= 15 is 0 Å². The van der Waals surface area contributed by atoms with Crippen molar-refractivity contribution in [3.8, 4) is 11.4 Å². The zero-order valence-electron chi connectivity index (χ0n) is 14.8. The molecule has 3 heterocycles. The van der Waals surface area contributed by atoms with E-state index in [1.807, 2.05) is 18.2 Å². The Morgan fingerprint density at radius 1 is 1.08 bits per heavy atom. The first-order valence-electron chi connectivity index (χ1n) is 9.13. The lowest BCUT2D eigenvalue weighted by molar-refractivity contribution is 0.466. The van der Waals surface area contributed by atoms with E-state index in [4.69, 9.17) is 9.97 Å². The Kier molecular flexibility index (Phi) is 4.65. The highest BCUT2D eigenvalue weighted by molar-refractivity contribution is 5.60. The first kappa shape index (κ1) is 16.4. The molecule has 0 spiro atoms. The van der Waals surface area contributed by atoms with Crippen LogP contribution in [0.25, 0.3) is 11.4 Å². The quantitative estimate of drug-likeness (QED) is 0.680. The highest BCUT2D eigenvalue weighted by Gasteiger charge is 2.30. The van der Waals surface area contributed by atoms with E-state index in [0.717, 1.165) is 49.0 Å². The monoisotopic (exact) mass is 338 g/mol. The molecule has 4 rings (SSSR count). The minimum absolute atomic E-state index is 0.440. The predicted molar refractivity (Wildman–Crippen MR) is 100 cm³/mol. The Balaban J connectivity index is 1.63. The second kappa shape index (κ2) is 7.07. The van der Waals surface area contributed by atoms with Gasteiger partial charge in [-0.15, -0.1) is 0 Å². The summed E-state index contributed by atoms with van der Waals surface area (Å²) in [4.78, 5) is 9.69. The zero-order chi connectivity index (χ0) is 17.2. The van der Waals surface area contributed by atoms with Crippen molar-refractivity contribution in [1.82, 2.24) is 26.1 Å². The van der Waals surface area contributed by atoms with Gasteiger partial charge in [-0.3, -0.25) is 10.9 Å². The van der Waals surface area contributed by atoms with E-state index in [0.29, 0.717) is 18.0 Å². The molecule has 1 aromatic heterocycles. The molecular weight excluding hydrogens is 312 g/mol. The molecule has 2 unspecified atom stereocenters. The third-order valence-corrected chi connectivity index (χ3v) is 5.30. The summed E-state index contributed by atoms with van der Waals surface area (Å²) in [6.07, 6.45) is 0.971. The maximum absolute atomic E-state index is 4.88. The van der Waals surface area contributed by atoms with Crippen LogP contribution in [0.15, 0.2) is 30.3 Å². The van der Waals surface area contributed by atoms with Gasteiger partial charge in [-0.05, 0) is 26.8 Å². The Labute approximate surface area is 148 Å². The van der Waals surface area contributed by atoms with Gasteiger partial charge in [0.05, 0.1) is 5.69 Å². The molecule has 6 nitrogen and oxygen atoms in total. The summed E-state index contributed by atoms with van der Waals surface area (Å²) >= 11 is 0. The first-order valence-corrected chi connectivity index (χ1v) is 9.13. The van der Waals surface area contributed by atoms with Gasteiger partial charge < -0.3 is 10.6 Å². The number of hydrazine groups is 1. The van der Waals surface area contributed by atoms with Crippen molar-refractivity contribution in [3.63, 3.8) is 0 Å². The van der Waals surface area contributed by atoms with Crippen molar-refractivity contribution in [3.05, 3.63) is 41.6 Å². The predicted octanol–water partition coefficient (Wildman–Crippen LogP) is 1.70. The molecular formula is C19H26N6. The molecule has 6 heteroatoms. The number of hydrogen-bond acceptors (Lipinski definition) is 6.